The van der Waals surface area contributed by atoms with Gasteiger partial charge in [-0.25, -0.2) is 13.4 Å². The predicted octanol–water partition coefficient (Wildman–Crippen LogP) is 4.11. The molecule has 1 fully saturated rings. The van der Waals surface area contributed by atoms with Gasteiger partial charge in [0.1, 0.15) is 0 Å². The van der Waals surface area contributed by atoms with E-state index in [2.05, 4.69) is 9.88 Å². The summed E-state index contributed by atoms with van der Waals surface area (Å²) >= 11 is 1.48. The predicted molar refractivity (Wildman–Crippen MR) is 147 cm³/mol. The van der Waals surface area contributed by atoms with Crippen LogP contribution in [0.25, 0.3) is 10.2 Å². The maximum Gasteiger partial charge on any atom is 0.260 e. The first kappa shape index (κ1) is 28.5. The van der Waals surface area contributed by atoms with Crippen molar-refractivity contribution in [3.8, 4) is 0 Å². The van der Waals surface area contributed by atoms with E-state index in [1.165, 1.54) is 27.8 Å². The number of rotatable bonds is 8. The van der Waals surface area contributed by atoms with Gasteiger partial charge < -0.3 is 9.64 Å². The fourth-order valence-electron chi connectivity index (χ4n) is 4.21. The van der Waals surface area contributed by atoms with E-state index < -0.39 is 10.0 Å². The normalized spacial score (nSPS) is 18.8. The summed E-state index contributed by atoms with van der Waals surface area (Å²) < 4.78 is 34.5. The standard InChI is InChI=1S/C25H32N4O4S2.ClH/c1-18-16-28(17-19(2)33-18)35(31,32)21-12-10-20(11-13-21)24(30)29(15-7-14-27(3)4)25-26-22-8-5-6-9-23(22)34-25;/h5-6,8-13,18-19H,7,14-17H2,1-4H3;1H. The molecule has 0 N–H and O–H groups in total. The average Bonchev–Trinajstić information content (AvgIpc) is 3.24. The highest BCUT2D eigenvalue weighted by Crippen LogP contribution is 2.30. The molecule has 2 unspecified atom stereocenters. The van der Waals surface area contributed by atoms with Crippen LogP contribution in [0.4, 0.5) is 5.13 Å². The molecule has 0 saturated carbocycles. The Balaban J connectivity index is 0.00000361. The molecule has 2 atom stereocenters. The Labute approximate surface area is 223 Å². The molecule has 0 radical (unpaired) electrons. The summed E-state index contributed by atoms with van der Waals surface area (Å²) in [5.74, 6) is -0.194. The number of amides is 1. The van der Waals surface area contributed by atoms with Crippen molar-refractivity contribution in [2.24, 2.45) is 0 Å². The number of ether oxygens (including phenoxy) is 1. The van der Waals surface area contributed by atoms with Gasteiger partial charge in [-0.2, -0.15) is 4.31 Å². The number of nitrogens with zero attached hydrogens (tertiary/aromatic N) is 4. The van der Waals surface area contributed by atoms with Crippen molar-refractivity contribution >= 4 is 55.0 Å². The summed E-state index contributed by atoms with van der Waals surface area (Å²) in [5.41, 5.74) is 1.28. The van der Waals surface area contributed by atoms with Crippen LogP contribution in [0, 0.1) is 0 Å². The van der Waals surface area contributed by atoms with Crippen LogP contribution in [0.2, 0.25) is 0 Å². The van der Waals surface area contributed by atoms with E-state index in [0.29, 0.717) is 30.3 Å². The third kappa shape index (κ3) is 6.42. The number of sulfonamides is 1. The Morgan fingerprint density at radius 3 is 2.31 bits per heavy atom. The van der Waals surface area contributed by atoms with Crippen molar-refractivity contribution in [1.29, 1.82) is 0 Å². The molecule has 2 heterocycles. The number of morpholine rings is 1. The summed E-state index contributed by atoms with van der Waals surface area (Å²) in [5, 5.41) is 0.642. The van der Waals surface area contributed by atoms with Crippen molar-refractivity contribution in [1.82, 2.24) is 14.2 Å². The summed E-state index contributed by atoms with van der Waals surface area (Å²) in [4.78, 5) is 22.2. The van der Waals surface area contributed by atoms with Gasteiger partial charge in [0.15, 0.2) is 5.13 Å². The first-order valence-electron chi connectivity index (χ1n) is 11.7. The van der Waals surface area contributed by atoms with Gasteiger partial charge in [0.2, 0.25) is 10.0 Å². The van der Waals surface area contributed by atoms with E-state index in [9.17, 15) is 13.2 Å². The largest absolute Gasteiger partial charge is 0.373 e. The van der Waals surface area contributed by atoms with E-state index in [-0.39, 0.29) is 35.4 Å². The van der Waals surface area contributed by atoms with Crippen LogP contribution in [-0.4, -0.2) is 81.0 Å². The molecule has 2 aromatic carbocycles. The van der Waals surface area contributed by atoms with Crippen molar-refractivity contribution in [3.05, 3.63) is 54.1 Å². The molecule has 0 spiro atoms. The summed E-state index contributed by atoms with van der Waals surface area (Å²) in [6.45, 7) is 5.71. The Morgan fingerprint density at radius 2 is 1.69 bits per heavy atom. The number of fused-ring (bicyclic) bond motifs is 1. The van der Waals surface area contributed by atoms with Crippen molar-refractivity contribution in [3.63, 3.8) is 0 Å². The van der Waals surface area contributed by atoms with Crippen LogP contribution in [0.1, 0.15) is 30.6 Å². The number of thiazole rings is 1. The van der Waals surface area contributed by atoms with Crippen molar-refractivity contribution in [2.45, 2.75) is 37.4 Å². The lowest BCUT2D eigenvalue weighted by Gasteiger charge is -2.34. The minimum Gasteiger partial charge on any atom is -0.373 e. The van der Waals surface area contributed by atoms with E-state index in [4.69, 9.17) is 4.74 Å². The summed E-state index contributed by atoms with van der Waals surface area (Å²) in [6.07, 6.45) is 0.451. The van der Waals surface area contributed by atoms with Gasteiger partial charge in [0.05, 0.1) is 27.3 Å². The Morgan fingerprint density at radius 1 is 1.06 bits per heavy atom. The highest BCUT2D eigenvalue weighted by molar-refractivity contribution is 7.89. The second kappa shape index (κ2) is 12.0. The van der Waals surface area contributed by atoms with E-state index in [0.717, 1.165) is 23.2 Å². The maximum atomic E-state index is 13.5. The van der Waals surface area contributed by atoms with Gasteiger partial charge in [-0.15, -0.1) is 12.4 Å². The lowest BCUT2D eigenvalue weighted by molar-refractivity contribution is -0.0440. The Kier molecular flexibility index (Phi) is 9.48. The van der Waals surface area contributed by atoms with Gasteiger partial charge in [0, 0.05) is 25.2 Å². The second-order valence-electron chi connectivity index (χ2n) is 9.18. The molecule has 0 bridgehead atoms. The zero-order valence-corrected chi connectivity index (χ0v) is 23.4. The van der Waals surface area contributed by atoms with Crippen molar-refractivity contribution < 1.29 is 17.9 Å². The fourth-order valence-corrected chi connectivity index (χ4v) is 6.79. The topological polar surface area (TPSA) is 83.1 Å². The number of hydrogen-bond acceptors (Lipinski definition) is 7. The monoisotopic (exact) mass is 552 g/mol. The van der Waals surface area contributed by atoms with Crippen LogP contribution < -0.4 is 4.90 Å². The van der Waals surface area contributed by atoms with Crippen molar-refractivity contribution in [2.75, 3.05) is 45.2 Å². The van der Waals surface area contributed by atoms with E-state index >= 15 is 0 Å². The molecule has 1 aromatic heterocycles. The molecular formula is C25H33ClN4O4S2. The fraction of sp³-hybridized carbons (Fsp3) is 0.440. The number of benzene rings is 2. The number of halogens is 1. The molecule has 1 aliphatic heterocycles. The summed E-state index contributed by atoms with van der Waals surface area (Å²) in [7, 11) is 0.327. The highest BCUT2D eigenvalue weighted by atomic mass is 35.5. The SMILES string of the molecule is CC1CN(S(=O)(=O)c2ccc(C(=O)N(CCCN(C)C)c3nc4ccccc4s3)cc2)CC(C)O1.Cl. The molecule has 1 aliphatic rings. The van der Waals surface area contributed by atoms with Gasteiger partial charge in [-0.3, -0.25) is 9.69 Å². The lowest BCUT2D eigenvalue weighted by atomic mass is 10.2. The number of hydrogen-bond donors (Lipinski definition) is 0. The first-order chi connectivity index (χ1) is 16.6. The molecule has 1 saturated heterocycles. The van der Waals surface area contributed by atoms with Gasteiger partial charge >= 0.3 is 0 Å². The third-order valence-electron chi connectivity index (χ3n) is 5.87. The molecule has 0 aliphatic carbocycles. The number of carbonyl (C=O) groups excluding carboxylic acids is 1. The van der Waals surface area contributed by atoms with Crippen LogP contribution in [0.15, 0.2) is 53.4 Å². The minimum atomic E-state index is -3.67. The highest BCUT2D eigenvalue weighted by Gasteiger charge is 2.32. The van der Waals surface area contributed by atoms with Gasteiger partial charge in [-0.05, 0) is 77.3 Å². The quantitative estimate of drug-likeness (QED) is 0.418. The van der Waals surface area contributed by atoms with E-state index in [1.807, 2.05) is 52.2 Å². The lowest BCUT2D eigenvalue weighted by Crippen LogP contribution is -2.48. The maximum absolute atomic E-state index is 13.5. The number of para-hydroxylation sites is 1. The van der Waals surface area contributed by atoms with Gasteiger partial charge in [0.25, 0.3) is 5.91 Å². The zero-order chi connectivity index (χ0) is 25.2. The van der Waals surface area contributed by atoms with Crippen LogP contribution in [0.3, 0.4) is 0 Å². The number of anilines is 1. The first-order valence-corrected chi connectivity index (χ1v) is 14.0. The zero-order valence-electron chi connectivity index (χ0n) is 21.0. The smallest absolute Gasteiger partial charge is 0.260 e. The molecule has 36 heavy (non-hydrogen) atoms. The summed E-state index contributed by atoms with van der Waals surface area (Å²) in [6, 6.07) is 14.0. The van der Waals surface area contributed by atoms with Crippen LogP contribution in [-0.2, 0) is 14.8 Å². The average molecular weight is 553 g/mol. The molecular weight excluding hydrogens is 520 g/mol. The molecule has 4 rings (SSSR count). The third-order valence-corrected chi connectivity index (χ3v) is 8.78. The second-order valence-corrected chi connectivity index (χ2v) is 12.1. The molecule has 1 amide bonds. The molecule has 196 valence electrons. The van der Waals surface area contributed by atoms with Gasteiger partial charge in [-0.1, -0.05) is 23.5 Å². The Hall–Kier alpha value is -2.08. The number of aromatic nitrogens is 1. The Bertz CT molecular complexity index is 1240. The van der Waals surface area contributed by atoms with Crippen LogP contribution in [0.5, 0.6) is 0 Å². The van der Waals surface area contributed by atoms with Crippen LogP contribution >= 0.6 is 23.7 Å². The molecule has 3 aromatic rings. The molecule has 8 nitrogen and oxygen atoms in total. The minimum absolute atomic E-state index is 0. The molecule has 11 heteroatoms. The number of carbonyl (C=O) groups is 1. The van der Waals surface area contributed by atoms with E-state index in [1.54, 1.807) is 17.0 Å².